The Hall–Kier alpha value is -0.755. The van der Waals surface area contributed by atoms with Gasteiger partial charge in [0.2, 0.25) is 0 Å². The smallest absolute Gasteiger partial charge is 0.451 e. The third kappa shape index (κ3) is 4.00. The molecule has 144 valence electrons. The fraction of sp³-hybridized carbons (Fsp3) is 0.923. The highest BCUT2D eigenvalue weighted by molar-refractivity contribution is 7.84. The Kier molecular flexibility index (Phi) is 5.56. The van der Waals surface area contributed by atoms with Crippen LogP contribution in [0.3, 0.4) is 0 Å². The Morgan fingerprint density at radius 2 is 1.96 bits per heavy atom. The van der Waals surface area contributed by atoms with Crippen molar-refractivity contribution < 1.29 is 32.5 Å². The van der Waals surface area contributed by atoms with E-state index in [9.17, 15) is 18.3 Å². The Bertz CT molecular complexity index is 629. The van der Waals surface area contributed by atoms with Crippen LogP contribution < -0.4 is 11.5 Å². The number of carbonyl (C=O) groups is 1. The van der Waals surface area contributed by atoms with Crippen LogP contribution in [0, 0.1) is 11.3 Å². The van der Waals surface area contributed by atoms with Crippen LogP contribution in [0.2, 0.25) is 6.32 Å². The summed E-state index contributed by atoms with van der Waals surface area (Å²) in [5, 5.41) is 27.2. The summed E-state index contributed by atoms with van der Waals surface area (Å²) in [5.41, 5.74) is 9.55. The van der Waals surface area contributed by atoms with Gasteiger partial charge in [0.1, 0.15) is 11.6 Å². The lowest BCUT2D eigenvalue weighted by molar-refractivity contribution is -0.144. The first kappa shape index (κ1) is 20.6. The summed E-state index contributed by atoms with van der Waals surface area (Å²) in [7, 11) is -5.67. The molecule has 12 heteroatoms. The van der Waals surface area contributed by atoms with Crippen molar-refractivity contribution in [2.24, 2.45) is 22.8 Å². The average Bonchev–Trinajstić information content (AvgIpc) is 2.82. The molecule has 1 heterocycles. The van der Waals surface area contributed by atoms with Gasteiger partial charge in [-0.1, -0.05) is 20.3 Å². The van der Waals surface area contributed by atoms with E-state index >= 15 is 0 Å². The van der Waals surface area contributed by atoms with Crippen molar-refractivity contribution >= 4 is 23.4 Å². The molecular formula is C13H26BN3O7S. The van der Waals surface area contributed by atoms with Gasteiger partial charge in [0, 0.05) is 30.5 Å². The summed E-state index contributed by atoms with van der Waals surface area (Å²) in [4.78, 5) is 11.6. The highest BCUT2D eigenvalue weighted by atomic mass is 32.2. The molecule has 2 unspecified atom stereocenters. The lowest BCUT2D eigenvalue weighted by Gasteiger charge is -2.25. The van der Waals surface area contributed by atoms with Crippen LogP contribution >= 0.6 is 0 Å². The van der Waals surface area contributed by atoms with Crippen LogP contribution in [0.5, 0.6) is 0 Å². The maximum absolute atomic E-state index is 12.5. The summed E-state index contributed by atoms with van der Waals surface area (Å²) in [6.45, 7) is 3.07. The molecule has 2 fully saturated rings. The van der Waals surface area contributed by atoms with Crippen LogP contribution in [-0.4, -0.2) is 71.7 Å². The standard InChI is InChI=1S/C13H26BN3O7S/c1-12(2)9(15)10(12)24-25(22,23)17-6-8(4-3-5-14(20)21)13(16,7-17)11(18)19/h8-10,20-21H,3-7,15-16H2,1-2H3,(H,18,19)/t8-,9?,10?,13-/m0/s1. The molecule has 0 aromatic rings. The monoisotopic (exact) mass is 379 g/mol. The quantitative estimate of drug-likeness (QED) is 0.297. The zero-order chi connectivity index (χ0) is 19.2. The van der Waals surface area contributed by atoms with Crippen LogP contribution in [0.15, 0.2) is 0 Å². The zero-order valence-electron chi connectivity index (χ0n) is 14.3. The maximum Gasteiger partial charge on any atom is 0.451 e. The summed E-state index contributed by atoms with van der Waals surface area (Å²) >= 11 is 0. The lowest BCUT2D eigenvalue weighted by atomic mass is 9.78. The van der Waals surface area contributed by atoms with Crippen molar-refractivity contribution in [3.8, 4) is 0 Å². The van der Waals surface area contributed by atoms with Crippen LogP contribution in [0.1, 0.15) is 26.7 Å². The number of hydrogen-bond donors (Lipinski definition) is 5. The molecule has 1 saturated heterocycles. The first-order valence-corrected chi connectivity index (χ1v) is 9.51. The molecule has 0 bridgehead atoms. The highest BCUT2D eigenvalue weighted by Crippen LogP contribution is 2.47. The molecule has 2 rings (SSSR count). The normalized spacial score (nSPS) is 34.9. The van der Waals surface area contributed by atoms with Gasteiger partial charge < -0.3 is 26.6 Å². The van der Waals surface area contributed by atoms with Crippen LogP contribution in [0.25, 0.3) is 0 Å². The van der Waals surface area contributed by atoms with Gasteiger partial charge in [0.25, 0.3) is 0 Å². The van der Waals surface area contributed by atoms with E-state index in [-0.39, 0.29) is 19.3 Å². The van der Waals surface area contributed by atoms with Gasteiger partial charge in [-0.2, -0.15) is 12.7 Å². The maximum atomic E-state index is 12.5. The topological polar surface area (TPSA) is 176 Å². The second-order valence-corrected chi connectivity index (χ2v) is 9.13. The number of rotatable bonds is 8. The minimum atomic E-state index is -4.17. The third-order valence-electron chi connectivity index (χ3n) is 5.35. The molecule has 0 spiro atoms. The number of carboxylic acids is 1. The third-order valence-corrected chi connectivity index (χ3v) is 6.72. The van der Waals surface area contributed by atoms with Crippen LogP contribution in [0.4, 0.5) is 0 Å². The van der Waals surface area contributed by atoms with Gasteiger partial charge in [-0.05, 0) is 12.7 Å². The molecule has 0 radical (unpaired) electrons. The number of nitrogens with zero attached hydrogens (tertiary/aromatic N) is 1. The van der Waals surface area contributed by atoms with E-state index in [0.29, 0.717) is 6.42 Å². The van der Waals surface area contributed by atoms with Crippen LogP contribution in [-0.2, 0) is 19.3 Å². The molecule has 4 atom stereocenters. The predicted molar refractivity (Wildman–Crippen MR) is 89.4 cm³/mol. The Balaban J connectivity index is 2.08. The molecule has 0 amide bonds. The average molecular weight is 379 g/mol. The predicted octanol–water partition coefficient (Wildman–Crippen LogP) is -2.05. The molecule has 0 aromatic carbocycles. The van der Waals surface area contributed by atoms with E-state index in [1.807, 2.05) is 0 Å². The molecule has 0 aromatic heterocycles. The summed E-state index contributed by atoms with van der Waals surface area (Å²) in [5.74, 6) is -1.97. The van der Waals surface area contributed by atoms with Crippen molar-refractivity contribution in [3.63, 3.8) is 0 Å². The van der Waals surface area contributed by atoms with Crippen molar-refractivity contribution in [2.45, 2.75) is 50.7 Å². The van der Waals surface area contributed by atoms with E-state index in [1.165, 1.54) is 0 Å². The molecule has 1 saturated carbocycles. The van der Waals surface area contributed by atoms with Gasteiger partial charge in [-0.25, -0.2) is 0 Å². The molecular weight excluding hydrogens is 353 g/mol. The minimum absolute atomic E-state index is 0.0561. The molecule has 10 nitrogen and oxygen atoms in total. The SMILES string of the molecule is CC1(C)C(N)C1OS(=O)(=O)N1C[C@H](CCCB(O)O)[C@](N)(C(=O)O)C1. The minimum Gasteiger partial charge on any atom is -0.480 e. The number of carboxylic acid groups (broad SMARTS) is 1. The fourth-order valence-electron chi connectivity index (χ4n) is 3.21. The molecule has 25 heavy (non-hydrogen) atoms. The Labute approximate surface area is 147 Å². The fourth-order valence-corrected chi connectivity index (χ4v) is 4.69. The lowest BCUT2D eigenvalue weighted by Crippen LogP contribution is -2.55. The van der Waals surface area contributed by atoms with Gasteiger partial charge in [-0.3, -0.25) is 8.98 Å². The summed E-state index contributed by atoms with van der Waals surface area (Å²) in [6, 6.07) is -0.408. The van der Waals surface area contributed by atoms with Crippen molar-refractivity contribution in [1.82, 2.24) is 4.31 Å². The highest BCUT2D eigenvalue weighted by Gasteiger charge is 2.61. The van der Waals surface area contributed by atoms with Crippen molar-refractivity contribution in [1.29, 1.82) is 0 Å². The van der Waals surface area contributed by atoms with Gasteiger partial charge in [0.05, 0.1) is 0 Å². The number of hydrogen-bond acceptors (Lipinski definition) is 8. The number of aliphatic carboxylic acids is 1. The van der Waals surface area contributed by atoms with Gasteiger partial charge in [0.15, 0.2) is 0 Å². The number of nitrogens with two attached hydrogens (primary N) is 2. The first-order valence-electron chi connectivity index (χ1n) is 8.14. The van der Waals surface area contributed by atoms with E-state index in [0.717, 1.165) is 4.31 Å². The first-order chi connectivity index (χ1) is 11.3. The van der Waals surface area contributed by atoms with Crippen molar-refractivity contribution in [2.75, 3.05) is 13.1 Å². The van der Waals surface area contributed by atoms with E-state index in [4.69, 9.17) is 25.7 Å². The summed E-state index contributed by atoms with van der Waals surface area (Å²) < 4.78 is 31.1. The molecule has 1 aliphatic carbocycles. The summed E-state index contributed by atoms with van der Waals surface area (Å²) in [6.07, 6.45) is -0.0382. The largest absolute Gasteiger partial charge is 0.480 e. The second-order valence-electron chi connectivity index (χ2n) is 7.57. The molecule has 7 N–H and O–H groups in total. The van der Waals surface area contributed by atoms with Gasteiger partial charge in [-0.15, -0.1) is 0 Å². The zero-order valence-corrected chi connectivity index (χ0v) is 15.1. The molecule has 2 aliphatic rings. The Morgan fingerprint density at radius 3 is 2.40 bits per heavy atom. The van der Waals surface area contributed by atoms with E-state index in [1.54, 1.807) is 13.8 Å². The van der Waals surface area contributed by atoms with E-state index in [2.05, 4.69) is 0 Å². The second kappa shape index (κ2) is 6.76. The Morgan fingerprint density at radius 1 is 1.40 bits per heavy atom. The van der Waals surface area contributed by atoms with Gasteiger partial charge >= 0.3 is 23.4 Å². The van der Waals surface area contributed by atoms with Crippen molar-refractivity contribution in [3.05, 3.63) is 0 Å². The van der Waals surface area contributed by atoms with E-state index < -0.39 is 59.0 Å². The molecule has 1 aliphatic heterocycles.